The zero-order chi connectivity index (χ0) is 14.8. The summed E-state index contributed by atoms with van der Waals surface area (Å²) in [5.41, 5.74) is 2.65. The number of carbonyl (C=O) groups excluding carboxylic acids is 1. The van der Waals surface area contributed by atoms with Gasteiger partial charge in [-0.25, -0.2) is 0 Å². The molecule has 0 bridgehead atoms. The summed E-state index contributed by atoms with van der Waals surface area (Å²) in [5, 5.41) is 10.8. The maximum absolute atomic E-state index is 12.3. The monoisotopic (exact) mass is 282 g/mol. The third kappa shape index (κ3) is 2.63. The number of fused-ring (bicyclic) bond motifs is 1. The molecule has 0 amide bonds. The van der Waals surface area contributed by atoms with Crippen LogP contribution in [0.25, 0.3) is 0 Å². The molecule has 1 aliphatic heterocycles. The molecule has 0 spiro atoms. The van der Waals surface area contributed by atoms with E-state index in [1.165, 1.54) is 17.7 Å². The molecule has 0 aliphatic carbocycles. The number of ketones is 1. The average molecular weight is 282 g/mol. The third-order valence-electron chi connectivity index (χ3n) is 3.70. The summed E-state index contributed by atoms with van der Waals surface area (Å²) < 4.78 is 0. The summed E-state index contributed by atoms with van der Waals surface area (Å²) >= 11 is 0. The van der Waals surface area contributed by atoms with Crippen LogP contribution in [0.3, 0.4) is 0 Å². The van der Waals surface area contributed by atoms with Crippen LogP contribution >= 0.6 is 0 Å². The van der Waals surface area contributed by atoms with E-state index in [1.54, 1.807) is 12.1 Å². The van der Waals surface area contributed by atoms with Gasteiger partial charge in [0.05, 0.1) is 11.5 Å². The van der Waals surface area contributed by atoms with Crippen LogP contribution in [-0.4, -0.2) is 23.8 Å². The van der Waals surface area contributed by atoms with Gasteiger partial charge in [-0.2, -0.15) is 0 Å². The van der Waals surface area contributed by atoms with Crippen LogP contribution in [0.2, 0.25) is 0 Å². The highest BCUT2D eigenvalue weighted by Crippen LogP contribution is 2.27. The Morgan fingerprint density at radius 1 is 1.19 bits per heavy atom. The van der Waals surface area contributed by atoms with Crippen LogP contribution in [0.15, 0.2) is 48.5 Å². The molecule has 21 heavy (non-hydrogen) atoms. The van der Waals surface area contributed by atoms with Crippen LogP contribution in [-0.2, 0) is 6.42 Å². The molecule has 5 heteroatoms. The van der Waals surface area contributed by atoms with E-state index in [0.29, 0.717) is 5.56 Å². The molecule has 3 rings (SSSR count). The Balaban J connectivity index is 1.79. The van der Waals surface area contributed by atoms with E-state index in [1.807, 2.05) is 23.1 Å². The Bertz CT molecular complexity index is 712. The number of benzene rings is 2. The Hall–Kier alpha value is -2.69. The van der Waals surface area contributed by atoms with Crippen molar-refractivity contribution < 1.29 is 9.72 Å². The first kappa shape index (κ1) is 13.3. The van der Waals surface area contributed by atoms with Gasteiger partial charge < -0.3 is 4.90 Å². The number of Topliss-reactive ketones (excluding diaryl/α,β-unsaturated/α-hetero) is 1. The smallest absolute Gasteiger partial charge is 0.270 e. The van der Waals surface area contributed by atoms with Crippen molar-refractivity contribution in [2.24, 2.45) is 0 Å². The lowest BCUT2D eigenvalue weighted by atomic mass is 10.1. The Kier molecular flexibility index (Phi) is 3.39. The number of non-ortho nitro benzene ring substituents is 1. The molecule has 0 N–H and O–H groups in total. The van der Waals surface area contributed by atoms with Crippen LogP contribution in [0.5, 0.6) is 0 Å². The van der Waals surface area contributed by atoms with Gasteiger partial charge in [-0.05, 0) is 18.1 Å². The molecule has 2 aromatic rings. The van der Waals surface area contributed by atoms with Crippen molar-refractivity contribution in [3.8, 4) is 0 Å². The standard InChI is InChI=1S/C16H14N2O3/c19-16(13-5-3-6-14(10-13)18(20)21)11-17-9-8-12-4-1-2-7-15(12)17/h1-7,10H,8-9,11H2. The van der Waals surface area contributed by atoms with Crippen molar-refractivity contribution in [1.29, 1.82) is 0 Å². The number of carbonyl (C=O) groups is 1. The molecule has 0 saturated carbocycles. The Labute approximate surface area is 122 Å². The zero-order valence-electron chi connectivity index (χ0n) is 11.4. The fraction of sp³-hybridized carbons (Fsp3) is 0.188. The first-order valence-corrected chi connectivity index (χ1v) is 6.75. The van der Waals surface area contributed by atoms with Gasteiger partial charge in [0.15, 0.2) is 5.78 Å². The van der Waals surface area contributed by atoms with E-state index in [2.05, 4.69) is 6.07 Å². The predicted molar refractivity (Wildman–Crippen MR) is 79.8 cm³/mol. The van der Waals surface area contributed by atoms with E-state index in [9.17, 15) is 14.9 Å². The summed E-state index contributed by atoms with van der Waals surface area (Å²) in [5.74, 6) is -0.101. The van der Waals surface area contributed by atoms with Gasteiger partial charge in [-0.1, -0.05) is 30.3 Å². The molecule has 0 fully saturated rings. The molecule has 106 valence electrons. The number of hydrogen-bond donors (Lipinski definition) is 0. The fourth-order valence-electron chi connectivity index (χ4n) is 2.63. The topological polar surface area (TPSA) is 63.5 Å². The highest BCUT2D eigenvalue weighted by Gasteiger charge is 2.21. The second-order valence-electron chi connectivity index (χ2n) is 5.03. The number of anilines is 1. The summed E-state index contributed by atoms with van der Waals surface area (Å²) in [6.07, 6.45) is 0.929. The molecule has 1 heterocycles. The number of rotatable bonds is 4. The predicted octanol–water partition coefficient (Wildman–Crippen LogP) is 2.84. The molecule has 0 atom stereocenters. The third-order valence-corrected chi connectivity index (χ3v) is 3.70. The van der Waals surface area contributed by atoms with Crippen LogP contribution < -0.4 is 4.90 Å². The maximum Gasteiger partial charge on any atom is 0.270 e. The van der Waals surface area contributed by atoms with Crippen molar-refractivity contribution in [3.05, 3.63) is 69.8 Å². The Morgan fingerprint density at radius 3 is 2.81 bits per heavy atom. The second kappa shape index (κ2) is 5.36. The molecule has 0 saturated heterocycles. The van der Waals surface area contributed by atoms with Crippen molar-refractivity contribution in [2.75, 3.05) is 18.0 Å². The lowest BCUT2D eigenvalue weighted by Crippen LogP contribution is -2.28. The maximum atomic E-state index is 12.3. The van der Waals surface area contributed by atoms with E-state index < -0.39 is 4.92 Å². The molecular weight excluding hydrogens is 268 g/mol. The van der Waals surface area contributed by atoms with E-state index >= 15 is 0 Å². The summed E-state index contributed by atoms with van der Waals surface area (Å²) in [7, 11) is 0. The van der Waals surface area contributed by atoms with Gasteiger partial charge in [0.1, 0.15) is 0 Å². The van der Waals surface area contributed by atoms with Crippen LogP contribution in [0, 0.1) is 10.1 Å². The minimum absolute atomic E-state index is 0.0531. The van der Waals surface area contributed by atoms with Gasteiger partial charge in [0.2, 0.25) is 0 Å². The molecule has 2 aromatic carbocycles. The van der Waals surface area contributed by atoms with Crippen molar-refractivity contribution in [1.82, 2.24) is 0 Å². The van der Waals surface area contributed by atoms with E-state index in [-0.39, 0.29) is 18.0 Å². The van der Waals surface area contributed by atoms with Gasteiger partial charge in [-0.15, -0.1) is 0 Å². The number of nitro groups is 1. The minimum atomic E-state index is -0.484. The lowest BCUT2D eigenvalue weighted by Gasteiger charge is -2.18. The highest BCUT2D eigenvalue weighted by atomic mass is 16.6. The van der Waals surface area contributed by atoms with Gasteiger partial charge in [0, 0.05) is 29.9 Å². The quantitative estimate of drug-likeness (QED) is 0.491. The van der Waals surface area contributed by atoms with Gasteiger partial charge >= 0.3 is 0 Å². The molecule has 1 aliphatic rings. The minimum Gasteiger partial charge on any atom is -0.363 e. The zero-order valence-corrected chi connectivity index (χ0v) is 11.4. The Morgan fingerprint density at radius 2 is 2.00 bits per heavy atom. The fourth-order valence-corrected chi connectivity index (χ4v) is 2.63. The first-order valence-electron chi connectivity index (χ1n) is 6.75. The van der Waals surface area contributed by atoms with Gasteiger partial charge in [0.25, 0.3) is 5.69 Å². The second-order valence-corrected chi connectivity index (χ2v) is 5.03. The van der Waals surface area contributed by atoms with Gasteiger partial charge in [-0.3, -0.25) is 14.9 Å². The van der Waals surface area contributed by atoms with Crippen molar-refractivity contribution in [3.63, 3.8) is 0 Å². The number of nitro benzene ring substituents is 1. The highest BCUT2D eigenvalue weighted by molar-refractivity contribution is 6.00. The normalized spacial score (nSPS) is 13.0. The van der Waals surface area contributed by atoms with Crippen LogP contribution in [0.1, 0.15) is 15.9 Å². The molecular formula is C16H14N2O3. The molecule has 0 unspecified atom stereocenters. The number of para-hydroxylation sites is 1. The van der Waals surface area contributed by atoms with Crippen molar-refractivity contribution in [2.45, 2.75) is 6.42 Å². The van der Waals surface area contributed by atoms with E-state index in [0.717, 1.165) is 18.7 Å². The lowest BCUT2D eigenvalue weighted by molar-refractivity contribution is -0.384. The summed E-state index contributed by atoms with van der Waals surface area (Å²) in [6, 6.07) is 13.9. The summed E-state index contributed by atoms with van der Waals surface area (Å²) in [4.78, 5) is 24.6. The molecule has 0 aromatic heterocycles. The van der Waals surface area contributed by atoms with Crippen molar-refractivity contribution >= 4 is 17.2 Å². The number of hydrogen-bond acceptors (Lipinski definition) is 4. The first-order chi connectivity index (χ1) is 10.1. The van der Waals surface area contributed by atoms with E-state index in [4.69, 9.17) is 0 Å². The largest absolute Gasteiger partial charge is 0.363 e. The number of nitrogens with zero attached hydrogens (tertiary/aromatic N) is 2. The molecule has 0 radical (unpaired) electrons. The molecule has 5 nitrogen and oxygen atoms in total. The summed E-state index contributed by atoms with van der Waals surface area (Å²) in [6.45, 7) is 1.05. The van der Waals surface area contributed by atoms with Crippen LogP contribution in [0.4, 0.5) is 11.4 Å². The SMILES string of the molecule is O=C(CN1CCc2ccccc21)c1cccc([N+](=O)[O-])c1. The average Bonchev–Trinajstić information content (AvgIpc) is 2.91.